The van der Waals surface area contributed by atoms with Crippen LogP contribution in [0.5, 0.6) is 0 Å². The predicted octanol–water partition coefficient (Wildman–Crippen LogP) is 4.97. The molecule has 24 heavy (non-hydrogen) atoms. The molecule has 1 aromatic heterocycles. The molecule has 0 N–H and O–H groups in total. The van der Waals surface area contributed by atoms with Crippen LogP contribution in [-0.4, -0.2) is 10.7 Å². The Balaban J connectivity index is 1.96. The van der Waals surface area contributed by atoms with E-state index < -0.39 is 5.41 Å². The number of hydrogen-bond donors (Lipinski definition) is 0. The van der Waals surface area contributed by atoms with E-state index in [1.165, 1.54) is 10.3 Å². The van der Waals surface area contributed by atoms with Crippen molar-refractivity contribution in [1.29, 1.82) is 0 Å². The molecule has 2 fully saturated rings. The van der Waals surface area contributed by atoms with Crippen LogP contribution >= 0.6 is 12.2 Å². The molecule has 0 aliphatic heterocycles. The lowest BCUT2D eigenvalue weighted by molar-refractivity contribution is -0.173. The molecule has 4 atom stereocenters. The molecular weight excluding hydrogens is 318 g/mol. The van der Waals surface area contributed by atoms with Gasteiger partial charge in [0.25, 0.3) is 0 Å². The number of allylic oxidation sites excluding steroid dienone is 1. The maximum Gasteiger partial charge on any atom is 0.339 e. The highest BCUT2D eigenvalue weighted by Gasteiger charge is 2.58. The lowest BCUT2D eigenvalue weighted by Gasteiger charge is -2.56. The van der Waals surface area contributed by atoms with E-state index in [0.717, 1.165) is 32.1 Å². The Morgan fingerprint density at radius 1 is 1.38 bits per heavy atom. The standard InChI is InChI=1S/C20H27NO2S/c1-14-8-7-9-16-19(14,3)12-11-15(2)20(16,4)18(22)23-21-13-6-5-10-17(21)24/h5-6,10,13,15-16H,1,7-9,11-12H2,2-4H3/t15-,16+,19+,20+/m0/s1. The Morgan fingerprint density at radius 2 is 2.12 bits per heavy atom. The lowest BCUT2D eigenvalue weighted by Crippen LogP contribution is -2.56. The summed E-state index contributed by atoms with van der Waals surface area (Å²) in [6.45, 7) is 10.9. The predicted molar refractivity (Wildman–Crippen MR) is 97.9 cm³/mol. The molecule has 0 amide bonds. The van der Waals surface area contributed by atoms with Crippen LogP contribution in [0.3, 0.4) is 0 Å². The maximum absolute atomic E-state index is 13.2. The van der Waals surface area contributed by atoms with E-state index in [2.05, 4.69) is 27.4 Å². The van der Waals surface area contributed by atoms with Crippen molar-refractivity contribution in [3.05, 3.63) is 41.2 Å². The van der Waals surface area contributed by atoms with Gasteiger partial charge in [0.15, 0.2) is 0 Å². The maximum atomic E-state index is 13.2. The number of rotatable bonds is 2. The van der Waals surface area contributed by atoms with E-state index in [-0.39, 0.29) is 23.2 Å². The molecule has 0 bridgehead atoms. The zero-order chi connectivity index (χ0) is 17.5. The number of nitrogens with zero attached hydrogens (tertiary/aromatic N) is 1. The van der Waals surface area contributed by atoms with Gasteiger partial charge >= 0.3 is 5.97 Å². The Bertz CT molecular complexity index is 724. The van der Waals surface area contributed by atoms with Crippen LogP contribution in [0.15, 0.2) is 36.5 Å². The van der Waals surface area contributed by atoms with Gasteiger partial charge in [-0.2, -0.15) is 4.73 Å². The van der Waals surface area contributed by atoms with Gasteiger partial charge in [0, 0.05) is 6.20 Å². The van der Waals surface area contributed by atoms with Gasteiger partial charge in [-0.1, -0.05) is 44.3 Å². The SMILES string of the molecule is C=C1CCC[C@H]2[C@](C)(C(=O)On3ccccc3=S)[C@@H](C)CC[C@]12C. The first-order valence-corrected chi connectivity index (χ1v) is 9.29. The molecule has 0 radical (unpaired) electrons. The van der Waals surface area contributed by atoms with Crippen molar-refractivity contribution in [3.63, 3.8) is 0 Å². The molecule has 1 aromatic rings. The molecule has 2 aliphatic carbocycles. The molecule has 3 nitrogen and oxygen atoms in total. The molecule has 0 unspecified atom stereocenters. The third-order valence-corrected chi connectivity index (χ3v) is 7.12. The van der Waals surface area contributed by atoms with Gasteiger partial charge in [-0.25, -0.2) is 4.79 Å². The molecule has 2 saturated carbocycles. The quantitative estimate of drug-likeness (QED) is 0.560. The summed E-state index contributed by atoms with van der Waals surface area (Å²) < 4.78 is 1.92. The van der Waals surface area contributed by atoms with Crippen molar-refractivity contribution < 1.29 is 9.63 Å². The highest BCUT2D eigenvalue weighted by Crippen LogP contribution is 2.61. The third kappa shape index (κ3) is 2.55. The van der Waals surface area contributed by atoms with Crippen LogP contribution in [0.2, 0.25) is 0 Å². The van der Waals surface area contributed by atoms with Crippen LogP contribution in [0, 0.1) is 27.3 Å². The molecule has 1 heterocycles. The van der Waals surface area contributed by atoms with Gasteiger partial charge in [-0.05, 0) is 68.4 Å². The lowest BCUT2D eigenvalue weighted by atomic mass is 9.47. The van der Waals surface area contributed by atoms with Crippen molar-refractivity contribution in [1.82, 2.24) is 4.73 Å². The van der Waals surface area contributed by atoms with Gasteiger partial charge in [0.1, 0.15) is 4.64 Å². The monoisotopic (exact) mass is 345 g/mol. The largest absolute Gasteiger partial charge is 0.339 e. The van der Waals surface area contributed by atoms with Crippen molar-refractivity contribution in [2.24, 2.45) is 22.7 Å². The van der Waals surface area contributed by atoms with Crippen LogP contribution in [0.4, 0.5) is 0 Å². The fourth-order valence-electron chi connectivity index (χ4n) is 4.86. The van der Waals surface area contributed by atoms with E-state index >= 15 is 0 Å². The first kappa shape index (κ1) is 17.4. The number of hydrogen-bond acceptors (Lipinski definition) is 3. The summed E-state index contributed by atoms with van der Waals surface area (Å²) in [5.74, 6) is 0.398. The molecule has 3 rings (SSSR count). The van der Waals surface area contributed by atoms with Gasteiger partial charge < -0.3 is 4.84 Å². The van der Waals surface area contributed by atoms with E-state index in [4.69, 9.17) is 17.1 Å². The number of carbonyl (C=O) groups is 1. The molecule has 130 valence electrons. The zero-order valence-corrected chi connectivity index (χ0v) is 15.7. The van der Waals surface area contributed by atoms with Gasteiger partial charge in [0.2, 0.25) is 0 Å². The Morgan fingerprint density at radius 3 is 2.83 bits per heavy atom. The van der Waals surface area contributed by atoms with Gasteiger partial charge in [-0.3, -0.25) is 0 Å². The second kappa shape index (κ2) is 6.14. The fourth-order valence-corrected chi connectivity index (χ4v) is 5.04. The Labute approximate surface area is 149 Å². The van der Waals surface area contributed by atoms with E-state index in [1.807, 2.05) is 12.1 Å². The number of aromatic nitrogens is 1. The normalized spacial score (nSPS) is 36.0. The Kier molecular flexibility index (Phi) is 4.45. The topological polar surface area (TPSA) is 31.2 Å². The summed E-state index contributed by atoms with van der Waals surface area (Å²) >= 11 is 5.26. The fraction of sp³-hybridized carbons (Fsp3) is 0.600. The summed E-state index contributed by atoms with van der Waals surface area (Å²) in [5.41, 5.74) is 0.832. The average Bonchev–Trinajstić information content (AvgIpc) is 2.55. The van der Waals surface area contributed by atoms with Crippen molar-refractivity contribution >= 4 is 18.2 Å². The highest BCUT2D eigenvalue weighted by atomic mass is 32.1. The summed E-state index contributed by atoms with van der Waals surface area (Å²) in [6, 6.07) is 5.43. The average molecular weight is 346 g/mol. The minimum absolute atomic E-state index is 0.0384. The molecular formula is C20H27NO2S. The first-order chi connectivity index (χ1) is 11.3. The van der Waals surface area contributed by atoms with Crippen LogP contribution in [0.1, 0.15) is 52.9 Å². The highest BCUT2D eigenvalue weighted by molar-refractivity contribution is 7.71. The molecule has 0 aromatic carbocycles. The third-order valence-electron chi connectivity index (χ3n) is 6.80. The molecule has 0 spiro atoms. The van der Waals surface area contributed by atoms with Crippen molar-refractivity contribution in [3.8, 4) is 0 Å². The van der Waals surface area contributed by atoms with E-state index in [0.29, 0.717) is 4.64 Å². The second-order valence-electron chi connectivity index (χ2n) is 7.93. The van der Waals surface area contributed by atoms with Gasteiger partial charge in [0.05, 0.1) is 5.41 Å². The Hall–Kier alpha value is -1.42. The summed E-state index contributed by atoms with van der Waals surface area (Å²) in [6.07, 6.45) is 7.10. The van der Waals surface area contributed by atoms with E-state index in [1.54, 1.807) is 12.3 Å². The number of carbonyl (C=O) groups excluding carboxylic acids is 1. The summed E-state index contributed by atoms with van der Waals surface area (Å²) in [7, 11) is 0. The zero-order valence-electron chi connectivity index (χ0n) is 14.9. The minimum atomic E-state index is -0.513. The van der Waals surface area contributed by atoms with E-state index in [9.17, 15) is 4.79 Å². The smallest absolute Gasteiger partial charge is 0.335 e. The second-order valence-corrected chi connectivity index (χ2v) is 8.35. The number of fused-ring (bicyclic) bond motifs is 1. The van der Waals surface area contributed by atoms with Crippen molar-refractivity contribution in [2.75, 3.05) is 0 Å². The molecule has 2 aliphatic rings. The van der Waals surface area contributed by atoms with Gasteiger partial charge in [-0.15, -0.1) is 0 Å². The molecule has 4 heteroatoms. The van der Waals surface area contributed by atoms with Crippen molar-refractivity contribution in [2.45, 2.75) is 52.9 Å². The molecule has 0 saturated heterocycles. The van der Waals surface area contributed by atoms with Crippen LogP contribution in [0.25, 0.3) is 0 Å². The summed E-state index contributed by atoms with van der Waals surface area (Å²) in [5, 5.41) is 0. The summed E-state index contributed by atoms with van der Waals surface area (Å²) in [4.78, 5) is 19.0. The first-order valence-electron chi connectivity index (χ1n) is 8.89. The number of pyridine rings is 1. The van der Waals surface area contributed by atoms with Crippen LogP contribution in [-0.2, 0) is 4.79 Å². The van der Waals surface area contributed by atoms with Crippen LogP contribution < -0.4 is 4.84 Å². The minimum Gasteiger partial charge on any atom is -0.335 e.